The second-order valence-corrected chi connectivity index (χ2v) is 6.82. The Labute approximate surface area is 137 Å². The minimum absolute atomic E-state index is 0.0392. The molecule has 4 heteroatoms. The van der Waals surface area contributed by atoms with Crippen LogP contribution in [0.4, 0.5) is 0 Å². The van der Waals surface area contributed by atoms with Gasteiger partial charge in [0.1, 0.15) is 0 Å². The zero-order valence-electron chi connectivity index (χ0n) is 14.3. The SMILES string of the molecule is Cc1cc(C)cc(C(=O)N(NC(O)=C2C=CC=C2)C(C)(C)C)c1. The van der Waals surface area contributed by atoms with Crippen LogP contribution in [-0.4, -0.2) is 21.6 Å². The predicted octanol–water partition coefficient (Wildman–Crippen LogP) is 3.94. The Kier molecular flexibility index (Phi) is 4.64. The summed E-state index contributed by atoms with van der Waals surface area (Å²) in [6, 6.07) is 5.74. The van der Waals surface area contributed by atoms with Crippen molar-refractivity contribution in [2.45, 2.75) is 40.2 Å². The molecule has 122 valence electrons. The predicted molar refractivity (Wildman–Crippen MR) is 92.9 cm³/mol. The maximum atomic E-state index is 12.9. The minimum Gasteiger partial charge on any atom is -0.493 e. The summed E-state index contributed by atoms with van der Waals surface area (Å²) in [5.41, 5.74) is 5.66. The van der Waals surface area contributed by atoms with Crippen molar-refractivity contribution in [1.82, 2.24) is 10.4 Å². The van der Waals surface area contributed by atoms with Gasteiger partial charge in [-0.2, -0.15) is 0 Å². The minimum atomic E-state index is -0.505. The van der Waals surface area contributed by atoms with Crippen LogP contribution < -0.4 is 5.43 Å². The molecule has 0 spiro atoms. The normalized spacial score (nSPS) is 13.3. The lowest BCUT2D eigenvalue weighted by atomic mass is 10.0. The van der Waals surface area contributed by atoms with Crippen molar-refractivity contribution in [3.8, 4) is 0 Å². The lowest BCUT2D eigenvalue weighted by molar-refractivity contribution is 0.0376. The number of hydrogen-bond acceptors (Lipinski definition) is 3. The van der Waals surface area contributed by atoms with E-state index in [0.29, 0.717) is 11.1 Å². The number of aliphatic hydroxyl groups is 1. The number of allylic oxidation sites excluding steroid dienone is 5. The standard InChI is InChI=1S/C19H24N2O2/c1-13-10-14(2)12-16(11-13)18(23)21(19(3,4)5)20-17(22)15-8-6-7-9-15/h6-12,20,22H,1-5H3. The van der Waals surface area contributed by atoms with Gasteiger partial charge in [0.15, 0.2) is 0 Å². The van der Waals surface area contributed by atoms with Gasteiger partial charge < -0.3 is 5.11 Å². The number of nitrogens with one attached hydrogen (secondary N) is 1. The lowest BCUT2D eigenvalue weighted by Gasteiger charge is -2.36. The van der Waals surface area contributed by atoms with Gasteiger partial charge in [0, 0.05) is 11.1 Å². The first kappa shape index (κ1) is 16.9. The number of aryl methyl sites for hydroxylation is 2. The first-order chi connectivity index (χ1) is 10.7. The van der Waals surface area contributed by atoms with E-state index in [0.717, 1.165) is 11.1 Å². The van der Waals surface area contributed by atoms with E-state index >= 15 is 0 Å². The fourth-order valence-electron chi connectivity index (χ4n) is 2.45. The molecule has 1 aliphatic carbocycles. The fourth-order valence-corrected chi connectivity index (χ4v) is 2.45. The third-order valence-corrected chi connectivity index (χ3v) is 3.50. The van der Waals surface area contributed by atoms with Gasteiger partial charge in [-0.05, 0) is 58.9 Å². The van der Waals surface area contributed by atoms with Crippen molar-refractivity contribution in [2.24, 2.45) is 0 Å². The van der Waals surface area contributed by atoms with Crippen LogP contribution in [0.1, 0.15) is 42.3 Å². The Bertz CT molecular complexity index is 672. The molecule has 0 aliphatic heterocycles. The van der Waals surface area contributed by atoms with Gasteiger partial charge in [-0.25, -0.2) is 5.01 Å². The van der Waals surface area contributed by atoms with Crippen molar-refractivity contribution in [1.29, 1.82) is 0 Å². The number of hydrazine groups is 1. The molecule has 2 N–H and O–H groups in total. The number of benzene rings is 1. The van der Waals surface area contributed by atoms with Crippen LogP contribution in [0.15, 0.2) is 54.0 Å². The number of carbonyl (C=O) groups excluding carboxylic acids is 1. The highest BCUT2D eigenvalue weighted by Crippen LogP contribution is 2.19. The highest BCUT2D eigenvalue weighted by Gasteiger charge is 2.29. The van der Waals surface area contributed by atoms with Crippen molar-refractivity contribution in [3.63, 3.8) is 0 Å². The summed E-state index contributed by atoms with van der Waals surface area (Å²) >= 11 is 0. The molecule has 0 fully saturated rings. The number of hydrogen-bond donors (Lipinski definition) is 2. The van der Waals surface area contributed by atoms with Gasteiger partial charge >= 0.3 is 0 Å². The largest absolute Gasteiger partial charge is 0.493 e. The van der Waals surface area contributed by atoms with E-state index < -0.39 is 5.54 Å². The maximum absolute atomic E-state index is 12.9. The maximum Gasteiger partial charge on any atom is 0.272 e. The Hall–Kier alpha value is -2.49. The van der Waals surface area contributed by atoms with Crippen LogP contribution in [0.5, 0.6) is 0 Å². The highest BCUT2D eigenvalue weighted by atomic mass is 16.3. The van der Waals surface area contributed by atoms with Gasteiger partial charge in [0.2, 0.25) is 5.88 Å². The molecule has 0 unspecified atom stereocenters. The number of aliphatic hydroxyl groups excluding tert-OH is 1. The molecule has 0 heterocycles. The third kappa shape index (κ3) is 4.03. The second kappa shape index (κ2) is 6.32. The molecule has 1 aliphatic rings. The lowest BCUT2D eigenvalue weighted by Crippen LogP contribution is -2.53. The van der Waals surface area contributed by atoms with Crippen molar-refractivity contribution < 1.29 is 9.90 Å². The molecule has 0 atom stereocenters. The first-order valence-corrected chi connectivity index (χ1v) is 7.66. The molecule has 2 rings (SSSR count). The van der Waals surface area contributed by atoms with E-state index in [4.69, 9.17) is 0 Å². The number of nitrogens with zero attached hydrogens (tertiary/aromatic N) is 1. The van der Waals surface area contributed by atoms with Gasteiger partial charge in [-0.15, -0.1) is 0 Å². The van der Waals surface area contributed by atoms with Gasteiger partial charge in [-0.1, -0.05) is 29.3 Å². The zero-order valence-corrected chi connectivity index (χ0v) is 14.3. The molecular weight excluding hydrogens is 288 g/mol. The van der Waals surface area contributed by atoms with E-state index in [1.807, 2.05) is 65.0 Å². The van der Waals surface area contributed by atoms with Crippen LogP contribution in [0.25, 0.3) is 0 Å². The second-order valence-electron chi connectivity index (χ2n) is 6.82. The average Bonchev–Trinajstić information content (AvgIpc) is 2.95. The number of rotatable bonds is 3. The van der Waals surface area contributed by atoms with Gasteiger partial charge in [-0.3, -0.25) is 10.2 Å². The third-order valence-electron chi connectivity index (χ3n) is 3.50. The van der Waals surface area contributed by atoms with E-state index in [9.17, 15) is 9.90 Å². The molecule has 0 aromatic heterocycles. The molecule has 23 heavy (non-hydrogen) atoms. The Morgan fingerprint density at radius 1 is 1.04 bits per heavy atom. The highest BCUT2D eigenvalue weighted by molar-refractivity contribution is 5.94. The Morgan fingerprint density at radius 3 is 2.04 bits per heavy atom. The fraction of sp³-hybridized carbons (Fsp3) is 0.316. The number of carbonyl (C=O) groups is 1. The molecule has 4 nitrogen and oxygen atoms in total. The first-order valence-electron chi connectivity index (χ1n) is 7.66. The Balaban J connectivity index is 2.35. The van der Waals surface area contributed by atoms with Crippen molar-refractivity contribution in [3.05, 3.63) is 70.6 Å². The van der Waals surface area contributed by atoms with Crippen LogP contribution in [0.2, 0.25) is 0 Å². The van der Waals surface area contributed by atoms with E-state index in [1.54, 1.807) is 12.2 Å². The molecule has 1 aromatic carbocycles. The van der Waals surface area contributed by atoms with Gasteiger partial charge in [0.25, 0.3) is 5.91 Å². The summed E-state index contributed by atoms with van der Waals surface area (Å²) in [7, 11) is 0. The average molecular weight is 312 g/mol. The van der Waals surface area contributed by atoms with Crippen LogP contribution >= 0.6 is 0 Å². The molecule has 1 aromatic rings. The van der Waals surface area contributed by atoms with E-state index in [2.05, 4.69) is 5.43 Å². The summed E-state index contributed by atoms with van der Waals surface area (Å²) in [4.78, 5) is 12.9. The van der Waals surface area contributed by atoms with E-state index in [-0.39, 0.29) is 11.8 Å². The van der Waals surface area contributed by atoms with Crippen LogP contribution in [-0.2, 0) is 0 Å². The van der Waals surface area contributed by atoms with Gasteiger partial charge in [0.05, 0.1) is 5.54 Å². The molecule has 0 radical (unpaired) electrons. The summed E-state index contributed by atoms with van der Waals surface area (Å²) in [6.07, 6.45) is 7.23. The molecule has 0 saturated carbocycles. The summed E-state index contributed by atoms with van der Waals surface area (Å²) in [5.74, 6) is -0.218. The van der Waals surface area contributed by atoms with Crippen molar-refractivity contribution in [2.75, 3.05) is 0 Å². The molecule has 1 amide bonds. The molecular formula is C19H24N2O2. The number of amides is 1. The monoisotopic (exact) mass is 312 g/mol. The Morgan fingerprint density at radius 2 is 1.57 bits per heavy atom. The topological polar surface area (TPSA) is 52.6 Å². The summed E-state index contributed by atoms with van der Waals surface area (Å²) < 4.78 is 0. The smallest absolute Gasteiger partial charge is 0.272 e. The van der Waals surface area contributed by atoms with Crippen LogP contribution in [0.3, 0.4) is 0 Å². The summed E-state index contributed by atoms with van der Waals surface area (Å²) in [6.45, 7) is 9.68. The van der Waals surface area contributed by atoms with E-state index in [1.165, 1.54) is 5.01 Å². The molecule has 0 bridgehead atoms. The zero-order chi connectivity index (χ0) is 17.2. The quantitative estimate of drug-likeness (QED) is 0.656. The summed E-state index contributed by atoms with van der Waals surface area (Å²) in [5, 5.41) is 11.7. The van der Waals surface area contributed by atoms with Crippen LogP contribution in [0, 0.1) is 13.8 Å². The van der Waals surface area contributed by atoms with Crippen molar-refractivity contribution >= 4 is 5.91 Å². The molecule has 0 saturated heterocycles.